The molecule has 0 spiro atoms. The summed E-state index contributed by atoms with van der Waals surface area (Å²) in [6, 6.07) is 8.85. The van der Waals surface area contributed by atoms with Crippen LogP contribution in [-0.2, 0) is 4.74 Å². The van der Waals surface area contributed by atoms with Crippen LogP contribution >= 0.6 is 22.6 Å². The number of hydrogen-bond donors (Lipinski definition) is 0. The fourth-order valence-corrected chi connectivity index (χ4v) is 1.85. The lowest BCUT2D eigenvalue weighted by molar-refractivity contribution is 0.0515. The van der Waals surface area contributed by atoms with Crippen molar-refractivity contribution in [3.63, 3.8) is 0 Å². The normalized spacial score (nSPS) is 10.2. The summed E-state index contributed by atoms with van der Waals surface area (Å²) in [4.78, 5) is 23.2. The molecule has 0 radical (unpaired) electrons. The summed E-state index contributed by atoms with van der Waals surface area (Å²) in [7, 11) is 0. The fourth-order valence-electron chi connectivity index (χ4n) is 1.49. The average molecular weight is 370 g/mol. The standard InChI is InChI=1S/C13H11IN2O3/c1-2-19-13(18)12-11(17)7-8-16(15-12)10-5-3-9(14)4-6-10/h3-8H,2H2,1H3. The van der Waals surface area contributed by atoms with Gasteiger partial charge in [0.05, 0.1) is 12.3 Å². The van der Waals surface area contributed by atoms with Crippen molar-refractivity contribution < 1.29 is 9.53 Å². The van der Waals surface area contributed by atoms with E-state index in [0.29, 0.717) is 0 Å². The van der Waals surface area contributed by atoms with Crippen molar-refractivity contribution in [1.29, 1.82) is 0 Å². The third kappa shape index (κ3) is 3.19. The number of carbonyl (C=O) groups is 1. The molecule has 2 aromatic rings. The molecule has 0 aliphatic heterocycles. The van der Waals surface area contributed by atoms with E-state index >= 15 is 0 Å². The second-order valence-electron chi connectivity index (χ2n) is 3.67. The van der Waals surface area contributed by atoms with Crippen LogP contribution in [0.5, 0.6) is 0 Å². The highest BCUT2D eigenvalue weighted by Crippen LogP contribution is 2.09. The van der Waals surface area contributed by atoms with Crippen molar-refractivity contribution in [2.24, 2.45) is 0 Å². The van der Waals surface area contributed by atoms with Crippen LogP contribution in [0.3, 0.4) is 0 Å². The molecule has 5 nitrogen and oxygen atoms in total. The minimum Gasteiger partial charge on any atom is -0.461 e. The van der Waals surface area contributed by atoms with Crippen LogP contribution < -0.4 is 5.43 Å². The van der Waals surface area contributed by atoms with Crippen LogP contribution in [0.4, 0.5) is 0 Å². The van der Waals surface area contributed by atoms with Gasteiger partial charge in [0, 0.05) is 15.8 Å². The maximum Gasteiger partial charge on any atom is 0.362 e. The zero-order valence-electron chi connectivity index (χ0n) is 10.2. The number of hydrogen-bond acceptors (Lipinski definition) is 4. The molecular formula is C13H11IN2O3. The molecule has 0 saturated carbocycles. The van der Waals surface area contributed by atoms with Crippen LogP contribution in [0.2, 0.25) is 0 Å². The van der Waals surface area contributed by atoms with Gasteiger partial charge in [0.1, 0.15) is 0 Å². The first-order valence-electron chi connectivity index (χ1n) is 5.65. The highest BCUT2D eigenvalue weighted by Gasteiger charge is 2.14. The third-order valence-corrected chi connectivity index (χ3v) is 3.09. The molecule has 6 heteroatoms. The SMILES string of the molecule is CCOC(=O)c1nn(-c2ccc(I)cc2)ccc1=O. The monoisotopic (exact) mass is 370 g/mol. The Labute approximate surface area is 123 Å². The zero-order valence-corrected chi connectivity index (χ0v) is 12.3. The quantitative estimate of drug-likeness (QED) is 0.613. The summed E-state index contributed by atoms with van der Waals surface area (Å²) in [6.07, 6.45) is 1.52. The Morgan fingerprint density at radius 2 is 2.00 bits per heavy atom. The zero-order chi connectivity index (χ0) is 13.8. The molecular weight excluding hydrogens is 359 g/mol. The minimum absolute atomic E-state index is 0.206. The number of aromatic nitrogens is 2. The number of benzene rings is 1. The van der Waals surface area contributed by atoms with Crippen molar-refractivity contribution in [2.75, 3.05) is 6.61 Å². The smallest absolute Gasteiger partial charge is 0.362 e. The Kier molecular flexibility index (Phi) is 4.31. The van der Waals surface area contributed by atoms with E-state index in [0.717, 1.165) is 9.26 Å². The Bertz CT molecular complexity index is 650. The average Bonchev–Trinajstić information content (AvgIpc) is 2.40. The number of esters is 1. The molecule has 2 rings (SSSR count). The maximum atomic E-state index is 11.6. The molecule has 1 heterocycles. The molecule has 0 aliphatic rings. The Morgan fingerprint density at radius 3 is 2.63 bits per heavy atom. The summed E-state index contributed by atoms with van der Waals surface area (Å²) < 4.78 is 7.37. The van der Waals surface area contributed by atoms with Gasteiger partial charge in [-0.15, -0.1) is 0 Å². The molecule has 0 bridgehead atoms. The molecule has 0 amide bonds. The molecule has 0 fully saturated rings. The Balaban J connectivity index is 2.43. The van der Waals surface area contributed by atoms with Gasteiger partial charge in [0.2, 0.25) is 11.1 Å². The van der Waals surface area contributed by atoms with Gasteiger partial charge >= 0.3 is 5.97 Å². The molecule has 0 aliphatic carbocycles. The Hall–Kier alpha value is -1.70. The predicted molar refractivity (Wildman–Crippen MR) is 78.5 cm³/mol. The van der Waals surface area contributed by atoms with E-state index in [4.69, 9.17) is 4.74 Å². The highest BCUT2D eigenvalue weighted by molar-refractivity contribution is 14.1. The van der Waals surface area contributed by atoms with Crippen LogP contribution in [0.1, 0.15) is 17.4 Å². The predicted octanol–water partition coefficient (Wildman–Crippen LogP) is 2.01. The minimum atomic E-state index is -0.702. The molecule has 0 N–H and O–H groups in total. The van der Waals surface area contributed by atoms with Crippen LogP contribution in [-0.4, -0.2) is 22.4 Å². The number of nitrogens with zero attached hydrogens (tertiary/aromatic N) is 2. The summed E-state index contributed by atoms with van der Waals surface area (Å²) in [5.74, 6) is -0.702. The van der Waals surface area contributed by atoms with Crippen molar-refractivity contribution in [3.05, 3.63) is 56.0 Å². The molecule has 1 aromatic carbocycles. The number of rotatable bonds is 3. The Morgan fingerprint density at radius 1 is 1.32 bits per heavy atom. The molecule has 0 atom stereocenters. The van der Waals surface area contributed by atoms with Gasteiger partial charge in [-0.2, -0.15) is 5.10 Å². The molecule has 0 unspecified atom stereocenters. The topological polar surface area (TPSA) is 61.2 Å². The van der Waals surface area contributed by atoms with Gasteiger partial charge in [0.25, 0.3) is 0 Å². The van der Waals surface area contributed by atoms with E-state index in [9.17, 15) is 9.59 Å². The van der Waals surface area contributed by atoms with E-state index in [1.807, 2.05) is 24.3 Å². The third-order valence-electron chi connectivity index (χ3n) is 2.37. The van der Waals surface area contributed by atoms with E-state index < -0.39 is 11.4 Å². The van der Waals surface area contributed by atoms with Crippen LogP contribution in [0.15, 0.2) is 41.3 Å². The number of carbonyl (C=O) groups excluding carboxylic acids is 1. The number of ether oxygens (including phenoxy) is 1. The fraction of sp³-hybridized carbons (Fsp3) is 0.154. The summed E-state index contributed by atoms with van der Waals surface area (Å²) in [5, 5.41) is 4.02. The van der Waals surface area contributed by atoms with Gasteiger partial charge in [0.15, 0.2) is 0 Å². The first-order chi connectivity index (χ1) is 9.11. The summed E-state index contributed by atoms with van der Waals surface area (Å²) in [5.41, 5.74) is 0.120. The highest BCUT2D eigenvalue weighted by atomic mass is 127. The largest absolute Gasteiger partial charge is 0.461 e. The second-order valence-corrected chi connectivity index (χ2v) is 4.92. The van der Waals surface area contributed by atoms with Crippen molar-refractivity contribution in [1.82, 2.24) is 9.78 Å². The van der Waals surface area contributed by atoms with Gasteiger partial charge in [-0.05, 0) is 53.8 Å². The van der Waals surface area contributed by atoms with Gasteiger partial charge in [-0.3, -0.25) is 4.79 Å². The van der Waals surface area contributed by atoms with Crippen molar-refractivity contribution in [3.8, 4) is 5.69 Å². The summed E-state index contributed by atoms with van der Waals surface area (Å²) in [6.45, 7) is 1.89. The first kappa shape index (κ1) is 13.7. The molecule has 1 aromatic heterocycles. The van der Waals surface area contributed by atoms with Gasteiger partial charge in [-0.25, -0.2) is 9.48 Å². The van der Waals surface area contributed by atoms with E-state index in [2.05, 4.69) is 27.7 Å². The molecule has 19 heavy (non-hydrogen) atoms. The lowest BCUT2D eigenvalue weighted by atomic mass is 10.3. The van der Waals surface area contributed by atoms with Crippen molar-refractivity contribution >= 4 is 28.6 Å². The van der Waals surface area contributed by atoms with Crippen LogP contribution in [0, 0.1) is 3.57 Å². The summed E-state index contributed by atoms with van der Waals surface area (Å²) >= 11 is 2.20. The second kappa shape index (κ2) is 5.96. The lowest BCUT2D eigenvalue weighted by Gasteiger charge is -2.07. The van der Waals surface area contributed by atoms with E-state index in [-0.39, 0.29) is 12.3 Å². The van der Waals surface area contributed by atoms with E-state index in [1.165, 1.54) is 16.9 Å². The van der Waals surface area contributed by atoms with Gasteiger partial charge < -0.3 is 4.74 Å². The van der Waals surface area contributed by atoms with Crippen LogP contribution in [0.25, 0.3) is 5.69 Å². The van der Waals surface area contributed by atoms with E-state index in [1.54, 1.807) is 6.92 Å². The number of halogens is 1. The van der Waals surface area contributed by atoms with Crippen molar-refractivity contribution in [2.45, 2.75) is 6.92 Å². The molecule has 0 saturated heterocycles. The molecule has 98 valence electrons. The first-order valence-corrected chi connectivity index (χ1v) is 6.72. The lowest BCUT2D eigenvalue weighted by Crippen LogP contribution is -2.22. The van der Waals surface area contributed by atoms with Gasteiger partial charge in [-0.1, -0.05) is 0 Å². The maximum absolute atomic E-state index is 11.6.